The summed E-state index contributed by atoms with van der Waals surface area (Å²) in [5, 5.41) is 58.2. The van der Waals surface area contributed by atoms with Gasteiger partial charge in [-0.25, -0.2) is 10.5 Å². The third-order valence-electron chi connectivity index (χ3n) is 0.217. The molecule has 0 saturated carbocycles. The van der Waals surface area contributed by atoms with Gasteiger partial charge in [0.2, 0.25) is 0 Å². The van der Waals surface area contributed by atoms with Gasteiger partial charge in [0.25, 0.3) is 0 Å². The largest absolute Gasteiger partial charge is 0.870 e. The fourth-order valence-electron chi connectivity index (χ4n) is 0.0304. The SMILES string of the molecule is O=[Si-]OO.O=[Si-]OO.O=[Si-]OOO.O=[Si-]OOO.O=[Si]=O.OO.OO.[Mg+2].[Mg+2].[Mg+][Mg][Mg+].[Mg+][Mg][Mg+].[OH-].[OH-].[OH-].[OH-]. The van der Waals surface area contributed by atoms with Crippen LogP contribution in [0.5, 0.6) is 0 Å². The smallest absolute Gasteiger partial charge is 0.870 e. The normalized spacial score (nSPS) is 4.11. The molecular formula is H12Mg8O24Si5. The molecule has 0 aromatic carbocycles. The van der Waals surface area contributed by atoms with E-state index < -0.39 is 47.9 Å². The quantitative estimate of drug-likeness (QED) is 0.0715. The van der Waals surface area contributed by atoms with E-state index in [1.54, 1.807) is 0 Å². The standard InChI is InChI=1S/8Mg.2HO4Si.2HO3Si.O2Si.2H2O2.4H2O/c;;;;;;;;2*1-3-4-5-2;2*1-3-4-2;1-3-2;2*1-2;;;;/h;;;;;;;;2*1H;2*1H;;2*1-2H;4*1H2/q;;4*+1;2*+2;4*-1;;;;;;;/p-4. The summed E-state index contributed by atoms with van der Waals surface area (Å²) in [6.45, 7) is 0. The van der Waals surface area contributed by atoms with E-state index >= 15 is 0 Å². The molecule has 0 fully saturated rings. The molecule has 0 aromatic heterocycles. The summed E-state index contributed by atoms with van der Waals surface area (Å²) in [6.07, 6.45) is 0. The van der Waals surface area contributed by atoms with E-state index in [0.29, 0.717) is 26.1 Å². The Kier molecular flexibility index (Phi) is 537. The van der Waals surface area contributed by atoms with Crippen molar-refractivity contribution < 1.29 is 119 Å². The van der Waals surface area contributed by atoms with Crippen molar-refractivity contribution in [2.75, 3.05) is 0 Å². The van der Waals surface area contributed by atoms with Crippen LogP contribution >= 0.6 is 0 Å². The van der Waals surface area contributed by atoms with E-state index in [0.717, 1.165) is 0 Å². The first-order valence-corrected chi connectivity index (χ1v) is 25.6. The number of hydrogen-bond donors (Lipinski definition) is 8. The predicted molar refractivity (Wildman–Crippen MR) is 114 cm³/mol. The zero-order chi connectivity index (χ0) is 27.2. The number of rotatable bonds is 6. The van der Waals surface area contributed by atoms with Crippen LogP contribution in [0.4, 0.5) is 0 Å². The second-order valence-electron chi connectivity index (χ2n) is 1.62. The van der Waals surface area contributed by atoms with E-state index in [1.165, 1.54) is 0 Å². The molecule has 0 radical (unpaired) electrons. The van der Waals surface area contributed by atoms with Crippen molar-refractivity contribution in [1.29, 1.82) is 0 Å². The maximum absolute atomic E-state index is 9.05. The summed E-state index contributed by atoms with van der Waals surface area (Å²) in [7, 11) is -5.65. The fraction of sp³-hybridized carbons (Fsp3) is 0. The molecule has 0 bridgehead atoms. The Morgan fingerprint density at radius 1 is 0.541 bits per heavy atom. The number of hydrogen-bond acceptors (Lipinski definition) is 24. The monoisotopic (exact) mass is 728 g/mol. The van der Waals surface area contributed by atoms with Crippen LogP contribution in [-0.4, -0.2) is 256 Å². The van der Waals surface area contributed by atoms with Crippen LogP contribution in [0.1, 0.15) is 0 Å². The summed E-state index contributed by atoms with van der Waals surface area (Å²) in [5.41, 5.74) is 0. The molecule has 0 atom stereocenters. The summed E-state index contributed by atoms with van der Waals surface area (Å²) in [5.74, 6) is 0. The van der Waals surface area contributed by atoms with Crippen LogP contribution in [0.2, 0.25) is 0 Å². The second-order valence-corrected chi connectivity index (χ2v) is 21.5. The molecule has 37 heteroatoms. The molecule has 0 aliphatic carbocycles. The molecule has 0 amide bonds. The van der Waals surface area contributed by atoms with Gasteiger partial charge < -0.3 is 58.1 Å². The Hall–Kier alpha value is 4.65. The van der Waals surface area contributed by atoms with Gasteiger partial charge in [0.05, 0.1) is 0 Å². The molecule has 0 aliphatic rings. The fourth-order valence-corrected chi connectivity index (χ4v) is 0.0913. The van der Waals surface area contributed by atoms with Gasteiger partial charge in [0, 0.05) is 0 Å². The Morgan fingerprint density at radius 3 is 0.649 bits per heavy atom. The van der Waals surface area contributed by atoms with Crippen LogP contribution in [0, 0.1) is 0 Å². The van der Waals surface area contributed by atoms with E-state index in [-0.39, 0.29) is 68.0 Å². The van der Waals surface area contributed by atoms with Crippen LogP contribution in [-0.2, 0) is 55.2 Å². The first-order valence-electron chi connectivity index (χ1n) is 5.50. The Balaban J connectivity index is -0.0000000113. The molecule has 0 unspecified atom stereocenters. The minimum absolute atomic E-state index is 0. The summed E-state index contributed by atoms with van der Waals surface area (Å²) in [4.78, 5) is 0. The summed E-state index contributed by atoms with van der Waals surface area (Å²) < 4.78 is 65.4. The molecule has 0 heterocycles. The third kappa shape index (κ3) is 535. The van der Waals surface area contributed by atoms with Crippen molar-refractivity contribution >= 4 is 192 Å². The molecule has 37 heavy (non-hydrogen) atoms. The molecule has 0 rings (SSSR count). The van der Waals surface area contributed by atoms with Crippen molar-refractivity contribution in [2.24, 2.45) is 0 Å². The van der Waals surface area contributed by atoms with Crippen molar-refractivity contribution in [3.63, 3.8) is 0 Å². The van der Waals surface area contributed by atoms with Crippen LogP contribution in [0.15, 0.2) is 0 Å². The Labute approximate surface area is 306 Å². The first kappa shape index (κ1) is 96.9. The predicted octanol–water partition coefficient (Wildman–Crippen LogP) is -6.71. The summed E-state index contributed by atoms with van der Waals surface area (Å²) in [6, 6.07) is 0. The van der Waals surface area contributed by atoms with Gasteiger partial charge in [0.15, 0.2) is 0 Å². The minimum Gasteiger partial charge on any atom is -0.870 e. The van der Waals surface area contributed by atoms with E-state index in [1.807, 2.05) is 0 Å². The third-order valence-corrected chi connectivity index (χ3v) is 0.651. The zero-order valence-corrected chi connectivity index (χ0v) is 34.7. The molecule has 192 valence electrons. The van der Waals surface area contributed by atoms with E-state index in [9.17, 15) is 0 Å². The Morgan fingerprint density at radius 2 is 0.649 bits per heavy atom. The van der Waals surface area contributed by atoms with Gasteiger partial charge in [-0.15, -0.1) is 0 Å². The van der Waals surface area contributed by atoms with Crippen LogP contribution in [0.25, 0.3) is 0 Å². The summed E-state index contributed by atoms with van der Waals surface area (Å²) >= 11 is 9.44. The topological polar surface area (TPSA) is 440 Å². The molecule has 0 aliphatic heterocycles. The molecule has 12 N–H and O–H groups in total. The molecule has 24 nitrogen and oxygen atoms in total. The van der Waals surface area contributed by atoms with E-state index in [4.69, 9.17) is 68.8 Å². The van der Waals surface area contributed by atoms with Crippen LogP contribution in [0.3, 0.4) is 0 Å². The van der Waals surface area contributed by atoms with Gasteiger partial charge in [-0.3, -0.25) is 40.5 Å². The molecular weight excluding hydrogens is 719 g/mol. The van der Waals surface area contributed by atoms with Gasteiger partial charge in [-0.2, -0.15) is 0 Å². The van der Waals surface area contributed by atoms with Gasteiger partial charge >= 0.3 is 154 Å². The minimum atomic E-state index is -1.42. The maximum atomic E-state index is 9.05. The van der Waals surface area contributed by atoms with Crippen molar-refractivity contribution in [1.82, 2.24) is 0 Å². The van der Waals surface area contributed by atoms with Gasteiger partial charge in [-0.05, 0) is 0 Å². The van der Waals surface area contributed by atoms with Crippen LogP contribution < -0.4 is 0 Å². The van der Waals surface area contributed by atoms with Gasteiger partial charge in [-0.1, -0.05) is 10.1 Å². The molecule has 0 aromatic rings. The van der Waals surface area contributed by atoms with Crippen molar-refractivity contribution in [2.45, 2.75) is 0 Å². The molecule has 0 spiro atoms. The van der Waals surface area contributed by atoms with Crippen molar-refractivity contribution in [3.8, 4) is 0 Å². The molecule has 0 saturated heterocycles. The van der Waals surface area contributed by atoms with Crippen molar-refractivity contribution in [3.05, 3.63) is 0 Å². The average Bonchev–Trinajstić information content (AvgIpc) is 2.80. The average molecular weight is 731 g/mol. The van der Waals surface area contributed by atoms with Gasteiger partial charge in [0.1, 0.15) is 38.6 Å². The second kappa shape index (κ2) is 205. The Bertz CT molecular complexity index is 254. The zero-order valence-electron chi connectivity index (χ0n) is 18.4. The maximum Gasteiger partial charge on any atom is -0.870 e. The first-order chi connectivity index (χ1) is 14.9. The van der Waals surface area contributed by atoms with E-state index in [2.05, 4.69) is 101 Å².